The quantitative estimate of drug-likeness (QED) is 0.604. The van der Waals surface area contributed by atoms with Gasteiger partial charge in [-0.25, -0.2) is 0 Å². The third-order valence-corrected chi connectivity index (χ3v) is 1.53. The van der Waals surface area contributed by atoms with E-state index in [9.17, 15) is 0 Å². The number of rotatable bonds is 5. The number of unbranched alkanes of at least 4 members (excludes halogenated alkanes) is 5. The molecule has 0 aliphatic rings. The highest BCUT2D eigenvalue weighted by Gasteiger charge is 1.79. The monoisotopic (exact) mass is 180 g/mol. The van der Waals surface area contributed by atoms with Gasteiger partial charge in [-0.15, -0.1) is 0 Å². The van der Waals surface area contributed by atoms with Crippen molar-refractivity contribution in [1.82, 2.24) is 0 Å². The average molecular weight is 180 g/mol. The van der Waals surface area contributed by atoms with Gasteiger partial charge in [-0.05, 0) is 12.8 Å². The third-order valence-electron chi connectivity index (χ3n) is 1.53. The van der Waals surface area contributed by atoms with E-state index in [1.807, 2.05) is 0 Å². The molecule has 0 aromatic rings. The van der Waals surface area contributed by atoms with Crippen molar-refractivity contribution >= 4 is 0 Å². The first-order valence-corrected chi connectivity index (χ1v) is 5.07. The van der Waals surface area contributed by atoms with Crippen LogP contribution in [-0.2, 0) is 0 Å². The predicted molar refractivity (Wildman–Crippen MR) is 54.9 cm³/mol. The van der Waals surface area contributed by atoms with Gasteiger partial charge < -0.3 is 0 Å². The highest BCUT2D eigenvalue weighted by atomic mass is 14.2. The van der Waals surface area contributed by atoms with Crippen LogP contribution >= 0.6 is 0 Å². The molecule has 0 aliphatic carbocycles. The summed E-state index contributed by atoms with van der Waals surface area (Å²) in [6, 6.07) is 4.17. The highest BCUT2D eigenvalue weighted by molar-refractivity contribution is 4.67. The lowest BCUT2D eigenvalue weighted by Crippen LogP contribution is -1.68. The average Bonchev–Trinajstić information content (AvgIpc) is 2.17. The number of nitriles is 2. The molecular formula is C11H20N2. The molecule has 0 rings (SSSR count). The van der Waals surface area contributed by atoms with Gasteiger partial charge in [0.2, 0.25) is 0 Å². The zero-order chi connectivity index (χ0) is 10.4. The van der Waals surface area contributed by atoms with Gasteiger partial charge in [0.1, 0.15) is 0 Å². The highest BCUT2D eigenvalue weighted by Crippen LogP contribution is 1.95. The Morgan fingerprint density at radius 1 is 0.769 bits per heavy atom. The standard InChI is InChI=1S/C6H11N.C5H9N/c1-2-3-4-5-6-7;1-2-3-4-5-6/h2-5H2,1H3;2-4H2,1H3. The van der Waals surface area contributed by atoms with E-state index in [1.165, 1.54) is 12.8 Å². The molecule has 0 saturated heterocycles. The SMILES string of the molecule is CCCCC#N.CCCCCC#N. The van der Waals surface area contributed by atoms with Crippen molar-refractivity contribution in [2.45, 2.75) is 58.8 Å². The summed E-state index contributed by atoms with van der Waals surface area (Å²) >= 11 is 0. The molecule has 0 amide bonds. The summed E-state index contributed by atoms with van der Waals surface area (Å²) in [4.78, 5) is 0. The zero-order valence-corrected chi connectivity index (χ0v) is 8.84. The Hall–Kier alpha value is -1.02. The molecule has 0 spiro atoms. The third kappa shape index (κ3) is 24.8. The van der Waals surface area contributed by atoms with Gasteiger partial charge in [0.05, 0.1) is 12.1 Å². The van der Waals surface area contributed by atoms with E-state index in [-0.39, 0.29) is 0 Å². The van der Waals surface area contributed by atoms with Crippen LogP contribution in [0.3, 0.4) is 0 Å². The number of hydrogen-bond acceptors (Lipinski definition) is 2. The fourth-order valence-electron chi connectivity index (χ4n) is 0.710. The Kier molecular flexibility index (Phi) is 19.2. The van der Waals surface area contributed by atoms with Gasteiger partial charge in [-0.3, -0.25) is 0 Å². The normalized spacial score (nSPS) is 7.69. The van der Waals surface area contributed by atoms with Gasteiger partial charge in [0.25, 0.3) is 0 Å². The predicted octanol–water partition coefficient (Wildman–Crippen LogP) is 3.79. The van der Waals surface area contributed by atoms with Crippen molar-refractivity contribution in [2.24, 2.45) is 0 Å². The second-order valence-corrected chi connectivity index (χ2v) is 2.88. The molecule has 13 heavy (non-hydrogen) atoms. The zero-order valence-electron chi connectivity index (χ0n) is 8.84. The van der Waals surface area contributed by atoms with Crippen LogP contribution in [0.15, 0.2) is 0 Å². The Labute approximate surface area is 82.2 Å². The van der Waals surface area contributed by atoms with Crippen molar-refractivity contribution in [1.29, 1.82) is 10.5 Å². The first kappa shape index (κ1) is 14.5. The Bertz CT molecular complexity index is 150. The fraction of sp³-hybridized carbons (Fsp3) is 0.818. The van der Waals surface area contributed by atoms with Crippen molar-refractivity contribution in [2.75, 3.05) is 0 Å². The van der Waals surface area contributed by atoms with Gasteiger partial charge in [-0.2, -0.15) is 10.5 Å². The summed E-state index contributed by atoms with van der Waals surface area (Å²) in [5.41, 5.74) is 0. The molecule has 0 saturated carbocycles. The van der Waals surface area contributed by atoms with Gasteiger partial charge in [-0.1, -0.05) is 33.1 Å². The Morgan fingerprint density at radius 3 is 1.54 bits per heavy atom. The van der Waals surface area contributed by atoms with Crippen molar-refractivity contribution in [3.8, 4) is 12.1 Å². The van der Waals surface area contributed by atoms with Gasteiger partial charge >= 0.3 is 0 Å². The second-order valence-electron chi connectivity index (χ2n) is 2.88. The topological polar surface area (TPSA) is 47.6 Å². The number of nitrogens with zero attached hydrogens (tertiary/aromatic N) is 2. The van der Waals surface area contributed by atoms with Gasteiger partial charge in [0.15, 0.2) is 0 Å². The minimum atomic E-state index is 0.719. The molecule has 0 unspecified atom stereocenters. The minimum Gasteiger partial charge on any atom is -0.198 e. The lowest BCUT2D eigenvalue weighted by Gasteiger charge is -1.84. The maximum atomic E-state index is 8.04. The molecule has 0 aliphatic heterocycles. The first-order valence-electron chi connectivity index (χ1n) is 5.07. The molecule has 0 bridgehead atoms. The lowest BCUT2D eigenvalue weighted by atomic mass is 10.2. The van der Waals surface area contributed by atoms with E-state index in [0.717, 1.165) is 32.1 Å². The molecular weight excluding hydrogens is 160 g/mol. The number of hydrogen-bond donors (Lipinski definition) is 0. The largest absolute Gasteiger partial charge is 0.198 e. The van der Waals surface area contributed by atoms with E-state index in [2.05, 4.69) is 26.0 Å². The molecule has 0 fully saturated rings. The van der Waals surface area contributed by atoms with E-state index in [1.54, 1.807) is 0 Å². The smallest absolute Gasteiger partial charge is 0.0621 e. The summed E-state index contributed by atoms with van der Waals surface area (Å²) in [5.74, 6) is 0. The first-order chi connectivity index (χ1) is 6.33. The molecule has 74 valence electrons. The maximum Gasteiger partial charge on any atom is 0.0621 e. The van der Waals surface area contributed by atoms with E-state index < -0.39 is 0 Å². The molecule has 0 aromatic heterocycles. The Balaban J connectivity index is 0. The molecule has 0 aromatic carbocycles. The summed E-state index contributed by atoms with van der Waals surface area (Å²) in [6.45, 7) is 4.22. The van der Waals surface area contributed by atoms with Crippen LogP contribution in [0.5, 0.6) is 0 Å². The van der Waals surface area contributed by atoms with Crippen LogP contribution in [0.2, 0.25) is 0 Å². The van der Waals surface area contributed by atoms with Crippen molar-refractivity contribution in [3.63, 3.8) is 0 Å². The van der Waals surface area contributed by atoms with E-state index >= 15 is 0 Å². The van der Waals surface area contributed by atoms with Crippen LogP contribution in [0.4, 0.5) is 0 Å². The Morgan fingerprint density at radius 2 is 1.23 bits per heavy atom. The van der Waals surface area contributed by atoms with Crippen LogP contribution in [0.1, 0.15) is 58.8 Å². The second kappa shape index (κ2) is 17.2. The van der Waals surface area contributed by atoms with Crippen LogP contribution in [0.25, 0.3) is 0 Å². The van der Waals surface area contributed by atoms with E-state index in [0.29, 0.717) is 0 Å². The maximum absolute atomic E-state index is 8.04. The van der Waals surface area contributed by atoms with Crippen molar-refractivity contribution in [3.05, 3.63) is 0 Å². The summed E-state index contributed by atoms with van der Waals surface area (Å²) in [5, 5.41) is 16.0. The van der Waals surface area contributed by atoms with Crippen LogP contribution in [0, 0.1) is 22.7 Å². The summed E-state index contributed by atoms with van der Waals surface area (Å²) in [7, 11) is 0. The summed E-state index contributed by atoms with van der Waals surface area (Å²) in [6.07, 6.45) is 7.12. The van der Waals surface area contributed by atoms with Crippen molar-refractivity contribution < 1.29 is 0 Å². The summed E-state index contributed by atoms with van der Waals surface area (Å²) < 4.78 is 0. The lowest BCUT2D eigenvalue weighted by molar-refractivity contribution is 0.734. The molecule has 2 heteroatoms. The minimum absolute atomic E-state index is 0.719. The molecule has 0 atom stereocenters. The van der Waals surface area contributed by atoms with Gasteiger partial charge in [0, 0.05) is 12.8 Å². The molecule has 0 heterocycles. The molecule has 2 nitrogen and oxygen atoms in total. The van der Waals surface area contributed by atoms with E-state index in [4.69, 9.17) is 10.5 Å². The van der Waals surface area contributed by atoms with Crippen LogP contribution in [-0.4, -0.2) is 0 Å². The fourth-order valence-corrected chi connectivity index (χ4v) is 0.710. The molecule has 0 N–H and O–H groups in total. The molecule has 0 radical (unpaired) electrons. The van der Waals surface area contributed by atoms with Crippen LogP contribution < -0.4 is 0 Å².